The van der Waals surface area contributed by atoms with Gasteiger partial charge in [0.2, 0.25) is 0 Å². The number of carboxylic acid groups (broad SMARTS) is 1. The van der Waals surface area contributed by atoms with Gasteiger partial charge in [0, 0.05) is 30.5 Å². The second-order valence-electron chi connectivity index (χ2n) is 10.4. The molecular formula is C32H28ClF3N4O4S. The molecule has 45 heavy (non-hydrogen) atoms. The minimum atomic E-state index is -4.65. The van der Waals surface area contributed by atoms with Crippen LogP contribution in [-0.2, 0) is 35.5 Å². The van der Waals surface area contributed by atoms with Crippen molar-refractivity contribution in [3.63, 3.8) is 0 Å². The Hall–Kier alpha value is -4.42. The van der Waals surface area contributed by atoms with Crippen molar-refractivity contribution in [2.75, 3.05) is 6.54 Å². The zero-order chi connectivity index (χ0) is 32.4. The van der Waals surface area contributed by atoms with Crippen LogP contribution in [0.4, 0.5) is 18.0 Å². The summed E-state index contributed by atoms with van der Waals surface area (Å²) >= 11 is 6.08. The number of rotatable bonds is 10. The Kier molecular flexibility index (Phi) is 9.17. The van der Waals surface area contributed by atoms with E-state index in [1.54, 1.807) is 54.1 Å². The number of benzene rings is 3. The number of pyridine rings is 1. The molecule has 13 heteroatoms. The fourth-order valence-electron chi connectivity index (χ4n) is 4.99. The number of halogens is 4. The average molecular weight is 657 g/mol. The number of hydrogen-bond donors (Lipinski definition) is 1. The smallest absolute Gasteiger partial charge is 0.421 e. The molecule has 0 bridgehead atoms. The number of sulfonamides is 1. The summed E-state index contributed by atoms with van der Waals surface area (Å²) in [6, 6.07) is 20.6. The van der Waals surface area contributed by atoms with Crippen molar-refractivity contribution in [2.24, 2.45) is 0 Å². The number of nitrogens with zero attached hydrogens (tertiary/aromatic N) is 4. The van der Waals surface area contributed by atoms with Crippen LogP contribution in [0.5, 0.6) is 0 Å². The van der Waals surface area contributed by atoms with Crippen LogP contribution in [0.25, 0.3) is 16.7 Å². The topological polar surface area (TPSA) is 105 Å². The zero-order valence-electron chi connectivity index (χ0n) is 24.0. The van der Waals surface area contributed by atoms with Gasteiger partial charge < -0.3 is 5.11 Å². The van der Waals surface area contributed by atoms with Crippen LogP contribution in [0.1, 0.15) is 34.6 Å². The van der Waals surface area contributed by atoms with Gasteiger partial charge in [0.05, 0.1) is 26.5 Å². The van der Waals surface area contributed by atoms with Gasteiger partial charge in [0.1, 0.15) is 5.82 Å². The van der Waals surface area contributed by atoms with Crippen molar-refractivity contribution in [1.82, 2.24) is 18.8 Å². The molecule has 0 aliphatic carbocycles. The second-order valence-corrected chi connectivity index (χ2v) is 12.7. The van der Waals surface area contributed by atoms with Gasteiger partial charge >= 0.3 is 12.3 Å². The van der Waals surface area contributed by atoms with Gasteiger partial charge in [-0.3, -0.25) is 9.55 Å². The largest absolute Gasteiger partial charge is 0.464 e. The highest BCUT2D eigenvalue weighted by molar-refractivity contribution is 7.89. The lowest BCUT2D eigenvalue weighted by molar-refractivity contribution is -0.137. The van der Waals surface area contributed by atoms with Crippen LogP contribution in [0, 0.1) is 6.92 Å². The van der Waals surface area contributed by atoms with Crippen molar-refractivity contribution < 1.29 is 31.5 Å². The molecule has 234 valence electrons. The van der Waals surface area contributed by atoms with E-state index < -0.39 is 32.9 Å². The van der Waals surface area contributed by atoms with Crippen molar-refractivity contribution >= 4 is 38.8 Å². The maximum Gasteiger partial charge on any atom is 0.421 e. The molecule has 0 saturated heterocycles. The number of aryl methyl sites for hydroxylation is 3. The number of carbonyl (C=O) groups is 1. The van der Waals surface area contributed by atoms with Gasteiger partial charge in [-0.05, 0) is 80.3 Å². The van der Waals surface area contributed by atoms with E-state index in [4.69, 9.17) is 11.6 Å². The van der Waals surface area contributed by atoms with Crippen LogP contribution >= 0.6 is 11.6 Å². The molecule has 8 nitrogen and oxygen atoms in total. The first-order chi connectivity index (χ1) is 21.3. The van der Waals surface area contributed by atoms with Gasteiger partial charge in [-0.2, -0.15) is 13.2 Å². The molecule has 0 atom stereocenters. The molecule has 0 spiro atoms. The fourth-order valence-corrected chi connectivity index (χ4v) is 6.53. The second kappa shape index (κ2) is 12.9. The molecule has 2 heterocycles. The number of fused-ring (bicyclic) bond motifs is 1. The van der Waals surface area contributed by atoms with Crippen molar-refractivity contribution in [2.45, 2.75) is 43.7 Å². The Bertz CT molecular complexity index is 1930. The minimum Gasteiger partial charge on any atom is -0.464 e. The van der Waals surface area contributed by atoms with Crippen LogP contribution in [0.2, 0.25) is 5.02 Å². The molecule has 0 fully saturated rings. The summed E-state index contributed by atoms with van der Waals surface area (Å²) < 4.78 is 69.0. The Morgan fingerprint density at radius 1 is 0.978 bits per heavy atom. The Morgan fingerprint density at radius 2 is 1.69 bits per heavy atom. The maximum absolute atomic E-state index is 13.6. The summed E-state index contributed by atoms with van der Waals surface area (Å²) in [5.41, 5.74) is 2.54. The van der Waals surface area contributed by atoms with Gasteiger partial charge in [-0.15, -0.1) is 0 Å². The lowest BCUT2D eigenvalue weighted by Crippen LogP contribution is -2.37. The highest BCUT2D eigenvalue weighted by Gasteiger charge is 2.34. The predicted molar refractivity (Wildman–Crippen MR) is 164 cm³/mol. The summed E-state index contributed by atoms with van der Waals surface area (Å²) in [5.74, 6) is 0.533. The van der Waals surface area contributed by atoms with E-state index in [0.717, 1.165) is 17.3 Å². The number of hydrogen-bond acceptors (Lipinski definition) is 5. The normalized spacial score (nSPS) is 12.0. The van der Waals surface area contributed by atoms with Crippen molar-refractivity contribution in [1.29, 1.82) is 0 Å². The molecular weight excluding hydrogens is 629 g/mol. The summed E-state index contributed by atoms with van der Waals surface area (Å²) in [7, 11) is -4.28. The molecule has 5 aromatic rings. The van der Waals surface area contributed by atoms with E-state index in [1.807, 2.05) is 18.2 Å². The van der Waals surface area contributed by atoms with Gasteiger partial charge in [0.15, 0.2) is 0 Å². The zero-order valence-corrected chi connectivity index (χ0v) is 25.6. The van der Waals surface area contributed by atoms with Gasteiger partial charge in [-0.1, -0.05) is 47.5 Å². The first-order valence-corrected chi connectivity index (χ1v) is 15.8. The highest BCUT2D eigenvalue weighted by atomic mass is 35.5. The molecule has 1 N–H and O–H groups in total. The number of alkyl halides is 3. The molecule has 2 aromatic heterocycles. The van der Waals surface area contributed by atoms with Crippen molar-refractivity contribution in [3.8, 4) is 5.69 Å². The third-order valence-electron chi connectivity index (χ3n) is 7.30. The van der Waals surface area contributed by atoms with Crippen molar-refractivity contribution in [3.05, 3.63) is 118 Å². The molecule has 0 radical (unpaired) electrons. The van der Waals surface area contributed by atoms with Crippen LogP contribution in [0.15, 0.2) is 90.0 Å². The summed E-state index contributed by atoms with van der Waals surface area (Å²) in [5, 5.41) is 9.24. The van der Waals surface area contributed by atoms with E-state index in [0.29, 0.717) is 46.2 Å². The summed E-state index contributed by atoms with van der Waals surface area (Å²) in [6.45, 7) is 1.48. The average Bonchev–Trinajstić information content (AvgIpc) is 3.34. The molecule has 0 saturated carbocycles. The van der Waals surface area contributed by atoms with E-state index in [2.05, 4.69) is 9.97 Å². The fraction of sp³-hybridized carbons (Fsp3) is 0.219. The van der Waals surface area contributed by atoms with E-state index in [9.17, 15) is 31.5 Å². The van der Waals surface area contributed by atoms with E-state index >= 15 is 0 Å². The SMILES string of the molecule is Cc1ccc(S(=O)(=O)N(CCc2ccc(-n3c(CCCc4ccccn4)nc4cc(C(F)(F)F)c(Cl)cc43)cc2)C(=O)O)cc1. The Labute approximate surface area is 262 Å². The first kappa shape index (κ1) is 32.0. The number of aromatic nitrogens is 3. The quantitative estimate of drug-likeness (QED) is 0.167. The van der Waals surface area contributed by atoms with E-state index in [-0.39, 0.29) is 23.4 Å². The molecule has 0 aliphatic heterocycles. The summed E-state index contributed by atoms with van der Waals surface area (Å²) in [4.78, 5) is 20.7. The minimum absolute atomic E-state index is 0.0973. The predicted octanol–water partition coefficient (Wildman–Crippen LogP) is 7.49. The first-order valence-electron chi connectivity index (χ1n) is 13.9. The van der Waals surface area contributed by atoms with Gasteiger partial charge in [-0.25, -0.2) is 22.5 Å². The standard InChI is InChI=1S/C32H28ClF3N4O4S/c1-21-8-14-25(15-9-21)45(43,44)39(31(41)42)18-16-22-10-12-24(13-11-22)40-29-20-27(33)26(32(34,35)36)19-28(29)38-30(40)7-4-6-23-5-2-3-17-37-23/h2-3,5,8-15,17,19-20H,4,6-7,16,18H2,1H3,(H,41,42). The third-order valence-corrected chi connectivity index (χ3v) is 9.40. The monoisotopic (exact) mass is 656 g/mol. The van der Waals surface area contributed by atoms with Crippen LogP contribution < -0.4 is 0 Å². The lowest BCUT2D eigenvalue weighted by Gasteiger charge is -2.19. The highest BCUT2D eigenvalue weighted by Crippen LogP contribution is 2.38. The van der Waals surface area contributed by atoms with Crippen LogP contribution in [0.3, 0.4) is 0 Å². The van der Waals surface area contributed by atoms with Gasteiger partial charge in [0.25, 0.3) is 10.0 Å². The molecule has 0 unspecified atom stereocenters. The molecule has 1 amide bonds. The molecule has 3 aromatic carbocycles. The number of imidazole rings is 1. The summed E-state index contributed by atoms with van der Waals surface area (Å²) in [6.07, 6.45) is -2.73. The van der Waals surface area contributed by atoms with Crippen LogP contribution in [-0.4, -0.2) is 45.0 Å². The number of amides is 1. The van der Waals surface area contributed by atoms with E-state index in [1.165, 1.54) is 18.2 Å². The molecule has 0 aliphatic rings. The lowest BCUT2D eigenvalue weighted by atomic mass is 10.1. The molecule has 5 rings (SSSR count). The maximum atomic E-state index is 13.6. The Balaban J connectivity index is 1.42. The Morgan fingerprint density at radius 3 is 2.31 bits per heavy atom. The third kappa shape index (κ3) is 7.12.